The highest BCUT2D eigenvalue weighted by Crippen LogP contribution is 2.64. The number of fused-ring (bicyclic) bond motifs is 5. The molecule has 1 N–H and O–H groups in total. The monoisotopic (exact) mass is 303 g/mol. The van der Waals surface area contributed by atoms with E-state index in [4.69, 9.17) is 0 Å². The molecule has 122 valence electrons. The lowest BCUT2D eigenvalue weighted by Crippen LogP contribution is -2.63. The van der Waals surface area contributed by atoms with Gasteiger partial charge in [0.25, 0.3) is 0 Å². The number of carbonyl (C=O) groups excluding carboxylic acids is 2. The van der Waals surface area contributed by atoms with Crippen LogP contribution in [-0.2, 0) is 9.59 Å². The summed E-state index contributed by atoms with van der Waals surface area (Å²) in [6.45, 7) is 4.88. The number of hydrogen-bond donors (Lipinski definition) is 1. The molecule has 4 aliphatic rings. The maximum Gasteiger partial charge on any atom is 0.230 e. The molecule has 0 radical (unpaired) electrons. The first kappa shape index (κ1) is 14.7. The maximum atomic E-state index is 12.1. The number of hydrogen-bond acceptors (Lipinski definition) is 2. The van der Waals surface area contributed by atoms with E-state index in [0.717, 1.165) is 31.0 Å². The third-order valence-electron chi connectivity index (χ3n) is 8.13. The molecule has 3 aliphatic carbocycles. The molecule has 1 saturated heterocycles. The second-order valence-electron chi connectivity index (χ2n) is 9.05. The Balaban J connectivity index is 1.65. The maximum absolute atomic E-state index is 12.1. The molecule has 0 spiro atoms. The van der Waals surface area contributed by atoms with Gasteiger partial charge in [0.1, 0.15) is 6.29 Å². The van der Waals surface area contributed by atoms with Crippen LogP contribution in [-0.4, -0.2) is 18.2 Å². The first-order chi connectivity index (χ1) is 10.5. The van der Waals surface area contributed by atoms with Gasteiger partial charge in [-0.1, -0.05) is 20.3 Å². The van der Waals surface area contributed by atoms with E-state index in [2.05, 4.69) is 19.2 Å². The van der Waals surface area contributed by atoms with Crippen LogP contribution in [0.25, 0.3) is 0 Å². The zero-order chi connectivity index (χ0) is 15.5. The molecule has 1 amide bonds. The molecule has 4 rings (SSSR count). The molecule has 7 atom stereocenters. The van der Waals surface area contributed by atoms with E-state index >= 15 is 0 Å². The first-order valence-electron chi connectivity index (χ1n) is 9.24. The molecule has 3 saturated carbocycles. The van der Waals surface area contributed by atoms with Crippen LogP contribution in [0.4, 0.5) is 0 Å². The van der Waals surface area contributed by atoms with Gasteiger partial charge in [-0.2, -0.15) is 0 Å². The average molecular weight is 303 g/mol. The zero-order valence-corrected chi connectivity index (χ0v) is 13.9. The Morgan fingerprint density at radius 1 is 1.09 bits per heavy atom. The fourth-order valence-corrected chi connectivity index (χ4v) is 6.93. The quantitative estimate of drug-likeness (QED) is 0.596. The van der Waals surface area contributed by atoms with E-state index in [1.807, 2.05) is 0 Å². The first-order valence-corrected chi connectivity index (χ1v) is 9.24. The minimum absolute atomic E-state index is 0.0301. The number of rotatable bonds is 1. The van der Waals surface area contributed by atoms with Crippen molar-refractivity contribution in [3.8, 4) is 0 Å². The van der Waals surface area contributed by atoms with Gasteiger partial charge in [-0.3, -0.25) is 4.79 Å². The van der Waals surface area contributed by atoms with E-state index < -0.39 is 5.92 Å². The van der Waals surface area contributed by atoms with Gasteiger partial charge >= 0.3 is 0 Å². The van der Waals surface area contributed by atoms with Crippen molar-refractivity contribution in [1.29, 1.82) is 0 Å². The molecule has 3 nitrogen and oxygen atoms in total. The van der Waals surface area contributed by atoms with Crippen LogP contribution in [0.5, 0.6) is 0 Å². The van der Waals surface area contributed by atoms with Gasteiger partial charge in [-0.25, -0.2) is 0 Å². The Hall–Kier alpha value is -0.860. The van der Waals surface area contributed by atoms with Crippen molar-refractivity contribution >= 4 is 12.2 Å². The summed E-state index contributed by atoms with van der Waals surface area (Å²) in [5, 5.41) is 3.19. The van der Waals surface area contributed by atoms with Crippen molar-refractivity contribution in [2.45, 2.75) is 71.3 Å². The highest BCUT2D eigenvalue weighted by Gasteiger charge is 2.59. The Kier molecular flexibility index (Phi) is 3.22. The molecule has 0 aromatic rings. The minimum Gasteiger partial charge on any atom is -0.352 e. The Morgan fingerprint density at radius 2 is 1.91 bits per heavy atom. The number of amides is 1. The molecule has 0 aromatic carbocycles. The third-order valence-corrected chi connectivity index (χ3v) is 8.13. The van der Waals surface area contributed by atoms with Gasteiger partial charge in [-0.05, 0) is 73.5 Å². The molecule has 4 fully saturated rings. The van der Waals surface area contributed by atoms with Crippen molar-refractivity contribution in [1.82, 2.24) is 5.32 Å². The molecular weight excluding hydrogens is 274 g/mol. The predicted octanol–water partition coefficient (Wildman–Crippen LogP) is 3.32. The Morgan fingerprint density at radius 3 is 2.68 bits per heavy atom. The summed E-state index contributed by atoms with van der Waals surface area (Å²) in [6, 6.07) is 0.295. The van der Waals surface area contributed by atoms with E-state index in [0.29, 0.717) is 17.4 Å². The van der Waals surface area contributed by atoms with Crippen molar-refractivity contribution in [2.24, 2.45) is 34.5 Å². The van der Waals surface area contributed by atoms with Gasteiger partial charge in [0.15, 0.2) is 0 Å². The second kappa shape index (κ2) is 4.82. The van der Waals surface area contributed by atoms with Crippen LogP contribution in [0.15, 0.2) is 0 Å². The van der Waals surface area contributed by atoms with E-state index in [9.17, 15) is 9.59 Å². The SMILES string of the molecule is C[C@@]12CCC[C@H]1[C@@H]1CCC3NC(=O)C(C=O)C[C@]3(C)[C@@H]1CC2. The smallest absolute Gasteiger partial charge is 0.230 e. The standard InChI is InChI=1S/C19H29NO2/c1-18-8-3-4-14(18)13-5-6-16-19(2,15(13)7-9-18)10-12(11-21)17(22)20-16/h11-16H,3-10H2,1-2H3,(H,20,22)/t12?,13-,14-,15+,16?,18-,19+/m0/s1. The summed E-state index contributed by atoms with van der Waals surface area (Å²) >= 11 is 0. The molecule has 22 heavy (non-hydrogen) atoms. The summed E-state index contributed by atoms with van der Waals surface area (Å²) in [5.74, 6) is 1.96. The molecule has 0 bridgehead atoms. The number of carbonyl (C=O) groups is 2. The van der Waals surface area contributed by atoms with E-state index in [-0.39, 0.29) is 11.3 Å². The third kappa shape index (κ3) is 1.86. The van der Waals surface area contributed by atoms with E-state index in [1.165, 1.54) is 38.5 Å². The van der Waals surface area contributed by atoms with E-state index in [1.54, 1.807) is 0 Å². The van der Waals surface area contributed by atoms with Crippen molar-refractivity contribution in [2.75, 3.05) is 0 Å². The van der Waals surface area contributed by atoms with Crippen LogP contribution in [0, 0.1) is 34.5 Å². The van der Waals surface area contributed by atoms with Crippen LogP contribution >= 0.6 is 0 Å². The summed E-state index contributed by atoms with van der Waals surface area (Å²) in [5.41, 5.74) is 0.707. The number of aldehydes is 1. The van der Waals surface area contributed by atoms with Crippen LogP contribution in [0.3, 0.4) is 0 Å². The highest BCUT2D eigenvalue weighted by atomic mass is 16.2. The molecule has 3 heteroatoms. The summed E-state index contributed by atoms with van der Waals surface area (Å²) < 4.78 is 0. The Bertz CT molecular complexity index is 504. The molecule has 0 aromatic heterocycles. The minimum atomic E-state index is -0.420. The van der Waals surface area contributed by atoms with Gasteiger partial charge in [-0.15, -0.1) is 0 Å². The molecular formula is C19H29NO2. The van der Waals surface area contributed by atoms with Gasteiger partial charge in [0.2, 0.25) is 5.91 Å². The van der Waals surface area contributed by atoms with Crippen molar-refractivity contribution in [3.63, 3.8) is 0 Å². The fourth-order valence-electron chi connectivity index (χ4n) is 6.93. The lowest BCUT2D eigenvalue weighted by molar-refractivity contribution is -0.146. The zero-order valence-electron chi connectivity index (χ0n) is 13.9. The lowest BCUT2D eigenvalue weighted by Gasteiger charge is -2.60. The summed E-state index contributed by atoms with van der Waals surface area (Å²) in [6.07, 6.45) is 10.9. The molecule has 2 unspecified atom stereocenters. The fraction of sp³-hybridized carbons (Fsp3) is 0.895. The van der Waals surface area contributed by atoms with Crippen molar-refractivity contribution in [3.05, 3.63) is 0 Å². The summed E-state index contributed by atoms with van der Waals surface area (Å²) in [7, 11) is 0. The number of nitrogens with one attached hydrogen (secondary N) is 1. The normalized spacial score (nSPS) is 53.9. The van der Waals surface area contributed by atoms with Crippen LogP contribution < -0.4 is 5.32 Å². The largest absolute Gasteiger partial charge is 0.352 e. The molecule has 1 heterocycles. The topological polar surface area (TPSA) is 46.2 Å². The average Bonchev–Trinajstić information content (AvgIpc) is 2.89. The van der Waals surface area contributed by atoms with Crippen LogP contribution in [0.2, 0.25) is 0 Å². The van der Waals surface area contributed by atoms with Gasteiger partial charge in [0, 0.05) is 6.04 Å². The van der Waals surface area contributed by atoms with Crippen molar-refractivity contribution < 1.29 is 9.59 Å². The predicted molar refractivity (Wildman–Crippen MR) is 85.1 cm³/mol. The van der Waals surface area contributed by atoms with Crippen LogP contribution in [0.1, 0.15) is 65.2 Å². The lowest BCUT2D eigenvalue weighted by atomic mass is 9.47. The highest BCUT2D eigenvalue weighted by molar-refractivity contribution is 5.92. The second-order valence-corrected chi connectivity index (χ2v) is 9.05. The molecule has 1 aliphatic heterocycles. The van der Waals surface area contributed by atoms with Gasteiger partial charge < -0.3 is 10.1 Å². The number of piperidine rings is 1. The Labute approximate surface area is 133 Å². The van der Waals surface area contributed by atoms with Gasteiger partial charge in [0.05, 0.1) is 5.92 Å². The summed E-state index contributed by atoms with van der Waals surface area (Å²) in [4.78, 5) is 23.4.